The molecule has 0 unspecified atom stereocenters. The molecule has 3 rings (SSSR count). The maximum Gasteiger partial charge on any atom is 0.349 e. The molecule has 0 atom stereocenters. The first-order valence-electron chi connectivity index (χ1n) is 7.43. The number of hydrogen-bond acceptors (Lipinski definition) is 4. The van der Waals surface area contributed by atoms with Crippen LogP contribution in [-0.2, 0) is 0 Å². The van der Waals surface area contributed by atoms with E-state index < -0.39 is 11.5 Å². The third-order valence-corrected chi connectivity index (χ3v) is 3.90. The van der Waals surface area contributed by atoms with Crippen molar-refractivity contribution < 1.29 is 18.3 Å². The summed E-state index contributed by atoms with van der Waals surface area (Å²) in [6.07, 6.45) is 0. The average Bonchev–Trinajstić information content (AvgIpc) is 2.60. The van der Waals surface area contributed by atoms with Gasteiger partial charge in [-0.15, -0.1) is 0 Å². The Kier molecular flexibility index (Phi) is 5.14. The molecule has 0 aliphatic carbocycles. The van der Waals surface area contributed by atoms with Crippen molar-refractivity contribution in [2.24, 2.45) is 0 Å². The van der Waals surface area contributed by atoms with Crippen LogP contribution in [0.4, 0.5) is 4.39 Å². The SMILES string of the molecule is O=C(NCCOc1ccc(F)cc1)c1cc2cc(Br)ccc2oc1=O. The number of benzene rings is 2. The van der Waals surface area contributed by atoms with Crippen molar-refractivity contribution in [1.29, 1.82) is 0 Å². The maximum atomic E-state index is 12.8. The van der Waals surface area contributed by atoms with Gasteiger partial charge >= 0.3 is 5.63 Å². The van der Waals surface area contributed by atoms with E-state index in [4.69, 9.17) is 9.15 Å². The van der Waals surface area contributed by atoms with Gasteiger partial charge in [-0.3, -0.25) is 4.79 Å². The largest absolute Gasteiger partial charge is 0.492 e. The molecule has 1 heterocycles. The Morgan fingerprint density at radius 2 is 1.92 bits per heavy atom. The molecule has 0 bridgehead atoms. The molecule has 0 aliphatic heterocycles. The first kappa shape index (κ1) is 17.2. The molecule has 5 nitrogen and oxygen atoms in total. The molecule has 0 fully saturated rings. The third-order valence-electron chi connectivity index (χ3n) is 3.41. The van der Waals surface area contributed by atoms with Gasteiger partial charge in [-0.2, -0.15) is 0 Å². The van der Waals surface area contributed by atoms with Gasteiger partial charge in [0.2, 0.25) is 0 Å². The number of halogens is 2. The zero-order chi connectivity index (χ0) is 17.8. The van der Waals surface area contributed by atoms with E-state index in [9.17, 15) is 14.0 Å². The van der Waals surface area contributed by atoms with E-state index in [1.165, 1.54) is 30.3 Å². The standard InChI is InChI=1S/C18H13BrFNO4/c19-12-1-6-16-11(9-12)10-15(18(23)25-16)17(22)21-7-8-24-14-4-2-13(20)3-5-14/h1-6,9-10H,7-8H2,(H,21,22). The Morgan fingerprint density at radius 3 is 2.68 bits per heavy atom. The fraction of sp³-hybridized carbons (Fsp3) is 0.111. The highest BCUT2D eigenvalue weighted by atomic mass is 79.9. The topological polar surface area (TPSA) is 68.5 Å². The van der Waals surface area contributed by atoms with Gasteiger partial charge in [-0.05, 0) is 48.5 Å². The lowest BCUT2D eigenvalue weighted by Gasteiger charge is -2.08. The highest BCUT2D eigenvalue weighted by Crippen LogP contribution is 2.19. The first-order valence-corrected chi connectivity index (χ1v) is 8.22. The van der Waals surface area contributed by atoms with E-state index >= 15 is 0 Å². The van der Waals surface area contributed by atoms with Gasteiger partial charge in [-0.1, -0.05) is 15.9 Å². The zero-order valence-corrected chi connectivity index (χ0v) is 14.5. The summed E-state index contributed by atoms with van der Waals surface area (Å²) in [7, 11) is 0. The molecule has 3 aromatic rings. The van der Waals surface area contributed by atoms with Gasteiger partial charge in [0.05, 0.1) is 6.54 Å². The van der Waals surface area contributed by atoms with Gasteiger partial charge in [0.15, 0.2) is 0 Å². The quantitative estimate of drug-likeness (QED) is 0.520. The van der Waals surface area contributed by atoms with Crippen molar-refractivity contribution in [3.05, 3.63) is 74.8 Å². The molecule has 1 aromatic heterocycles. The second-order valence-electron chi connectivity index (χ2n) is 5.19. The van der Waals surface area contributed by atoms with Crippen LogP contribution in [0.25, 0.3) is 11.0 Å². The van der Waals surface area contributed by atoms with Crippen molar-refractivity contribution in [3.63, 3.8) is 0 Å². The Morgan fingerprint density at radius 1 is 1.16 bits per heavy atom. The summed E-state index contributed by atoms with van der Waals surface area (Å²) in [6.45, 7) is 0.369. The molecule has 0 saturated heterocycles. The Hall–Kier alpha value is -2.67. The number of nitrogens with one attached hydrogen (secondary N) is 1. The molecule has 1 N–H and O–H groups in total. The van der Waals surface area contributed by atoms with Crippen molar-refractivity contribution in [1.82, 2.24) is 5.32 Å². The van der Waals surface area contributed by atoms with Crippen LogP contribution in [0, 0.1) is 5.82 Å². The van der Waals surface area contributed by atoms with Gasteiger partial charge < -0.3 is 14.5 Å². The molecular formula is C18H13BrFNO4. The normalized spacial score (nSPS) is 10.6. The van der Waals surface area contributed by atoms with Crippen LogP contribution in [0.15, 0.2) is 62.2 Å². The summed E-state index contributed by atoms with van der Waals surface area (Å²) in [5.41, 5.74) is -0.372. The predicted molar refractivity (Wildman–Crippen MR) is 94.4 cm³/mol. The number of rotatable bonds is 5. The van der Waals surface area contributed by atoms with E-state index in [1.807, 2.05) is 0 Å². The number of ether oxygens (including phenoxy) is 1. The molecule has 0 aliphatic rings. The second-order valence-corrected chi connectivity index (χ2v) is 6.10. The molecule has 0 radical (unpaired) electrons. The second kappa shape index (κ2) is 7.48. The van der Waals surface area contributed by atoms with Crippen LogP contribution in [-0.4, -0.2) is 19.1 Å². The van der Waals surface area contributed by atoms with Gasteiger partial charge in [0.25, 0.3) is 5.91 Å². The van der Waals surface area contributed by atoms with E-state index in [0.29, 0.717) is 16.7 Å². The molecule has 2 aromatic carbocycles. The van der Waals surface area contributed by atoms with Gasteiger partial charge in [0.1, 0.15) is 29.3 Å². The van der Waals surface area contributed by atoms with Crippen molar-refractivity contribution in [2.45, 2.75) is 0 Å². The van der Waals surface area contributed by atoms with E-state index in [2.05, 4.69) is 21.2 Å². The summed E-state index contributed by atoms with van der Waals surface area (Å²) >= 11 is 3.33. The fourth-order valence-corrected chi connectivity index (χ4v) is 2.59. The van der Waals surface area contributed by atoms with E-state index in [1.54, 1.807) is 18.2 Å². The smallest absolute Gasteiger partial charge is 0.349 e. The lowest BCUT2D eigenvalue weighted by molar-refractivity contribution is 0.0943. The predicted octanol–water partition coefficient (Wildman–Crippen LogP) is 3.50. The lowest BCUT2D eigenvalue weighted by atomic mass is 10.2. The molecule has 25 heavy (non-hydrogen) atoms. The van der Waals surface area contributed by atoms with Crippen LogP contribution >= 0.6 is 15.9 Å². The molecular weight excluding hydrogens is 393 g/mol. The Bertz CT molecular complexity index is 969. The zero-order valence-electron chi connectivity index (χ0n) is 12.9. The number of hydrogen-bond donors (Lipinski definition) is 1. The van der Waals surface area contributed by atoms with E-state index in [-0.39, 0.29) is 24.5 Å². The van der Waals surface area contributed by atoms with Crippen LogP contribution in [0.5, 0.6) is 5.75 Å². The number of carbonyl (C=O) groups is 1. The molecule has 7 heteroatoms. The highest BCUT2D eigenvalue weighted by Gasteiger charge is 2.13. The van der Waals surface area contributed by atoms with Crippen LogP contribution in [0.2, 0.25) is 0 Å². The van der Waals surface area contributed by atoms with Gasteiger partial charge in [-0.25, -0.2) is 9.18 Å². The Labute approximate surface area is 150 Å². The molecule has 0 saturated carbocycles. The van der Waals surface area contributed by atoms with Gasteiger partial charge in [0, 0.05) is 9.86 Å². The van der Waals surface area contributed by atoms with Crippen molar-refractivity contribution in [3.8, 4) is 5.75 Å². The summed E-state index contributed by atoms with van der Waals surface area (Å²) < 4.78 is 24.1. The Balaban J connectivity index is 1.63. The number of fused-ring (bicyclic) bond motifs is 1. The average molecular weight is 406 g/mol. The van der Waals surface area contributed by atoms with Crippen molar-refractivity contribution >= 4 is 32.8 Å². The minimum absolute atomic E-state index is 0.0765. The van der Waals surface area contributed by atoms with Crippen LogP contribution in [0.1, 0.15) is 10.4 Å². The summed E-state index contributed by atoms with van der Waals surface area (Å²) in [5, 5.41) is 3.23. The van der Waals surface area contributed by atoms with Crippen LogP contribution < -0.4 is 15.7 Å². The van der Waals surface area contributed by atoms with E-state index in [0.717, 1.165) is 4.47 Å². The molecule has 128 valence electrons. The summed E-state index contributed by atoms with van der Waals surface area (Å²) in [5.74, 6) is -0.403. The molecule has 0 spiro atoms. The molecule has 1 amide bonds. The highest BCUT2D eigenvalue weighted by molar-refractivity contribution is 9.10. The summed E-state index contributed by atoms with van der Waals surface area (Å²) in [4.78, 5) is 24.1. The number of carbonyl (C=O) groups excluding carboxylic acids is 1. The summed E-state index contributed by atoms with van der Waals surface area (Å²) in [6, 6.07) is 12.2. The monoisotopic (exact) mass is 405 g/mol. The van der Waals surface area contributed by atoms with Crippen LogP contribution in [0.3, 0.4) is 0 Å². The minimum atomic E-state index is -0.702. The number of amides is 1. The van der Waals surface area contributed by atoms with Crippen molar-refractivity contribution in [2.75, 3.05) is 13.2 Å². The third kappa shape index (κ3) is 4.24. The minimum Gasteiger partial charge on any atom is -0.492 e. The maximum absolute atomic E-state index is 12.8. The fourth-order valence-electron chi connectivity index (χ4n) is 2.21. The lowest BCUT2D eigenvalue weighted by Crippen LogP contribution is -2.31. The first-order chi connectivity index (χ1) is 12.0.